The summed E-state index contributed by atoms with van der Waals surface area (Å²) in [5.41, 5.74) is 3.71. The van der Waals surface area contributed by atoms with Gasteiger partial charge in [0.05, 0.1) is 0 Å². The summed E-state index contributed by atoms with van der Waals surface area (Å²) in [5, 5.41) is 0. The lowest BCUT2D eigenvalue weighted by molar-refractivity contribution is 0.373. The molecule has 0 unspecified atom stereocenters. The zero-order valence-corrected chi connectivity index (χ0v) is 12.3. The van der Waals surface area contributed by atoms with Gasteiger partial charge >= 0.3 is 8.60 Å². The fourth-order valence-corrected chi connectivity index (χ4v) is 2.53. The van der Waals surface area contributed by atoms with E-state index in [0.29, 0.717) is 5.75 Å². The van der Waals surface area contributed by atoms with Crippen LogP contribution in [0.2, 0.25) is 0 Å². The normalized spacial score (nSPS) is 11.0. The zero-order chi connectivity index (χ0) is 13.5. The highest BCUT2D eigenvalue weighted by molar-refractivity contribution is 7.39. The van der Waals surface area contributed by atoms with Crippen molar-refractivity contribution in [3.05, 3.63) is 28.8 Å². The molecule has 3 nitrogen and oxygen atoms in total. The molecule has 1 aromatic carbocycles. The van der Waals surface area contributed by atoms with E-state index in [4.69, 9.17) is 14.3 Å². The maximum atomic E-state index is 9.04. The summed E-state index contributed by atoms with van der Waals surface area (Å²) < 4.78 is 5.16. The van der Waals surface area contributed by atoms with E-state index < -0.39 is 8.60 Å². The van der Waals surface area contributed by atoms with E-state index in [1.165, 1.54) is 11.1 Å². The van der Waals surface area contributed by atoms with Crippen molar-refractivity contribution in [2.75, 3.05) is 0 Å². The summed E-state index contributed by atoms with van der Waals surface area (Å²) in [6.07, 6.45) is 5.23. The second kappa shape index (κ2) is 7.73. The lowest BCUT2D eigenvalue weighted by Crippen LogP contribution is -2.01. The van der Waals surface area contributed by atoms with E-state index in [-0.39, 0.29) is 0 Å². The lowest BCUT2D eigenvalue weighted by Gasteiger charge is -2.17. The van der Waals surface area contributed by atoms with E-state index in [0.717, 1.165) is 37.7 Å². The van der Waals surface area contributed by atoms with Crippen LogP contribution in [-0.2, 0) is 12.8 Å². The van der Waals surface area contributed by atoms with Crippen LogP contribution in [-0.4, -0.2) is 9.79 Å². The monoisotopic (exact) mass is 270 g/mol. The minimum atomic E-state index is -2.34. The van der Waals surface area contributed by atoms with Crippen molar-refractivity contribution in [3.8, 4) is 5.75 Å². The van der Waals surface area contributed by atoms with E-state index >= 15 is 0 Å². The van der Waals surface area contributed by atoms with Gasteiger partial charge in [0.1, 0.15) is 5.75 Å². The lowest BCUT2D eigenvalue weighted by atomic mass is 9.94. The van der Waals surface area contributed by atoms with Crippen LogP contribution >= 0.6 is 8.60 Å². The Labute approximate surface area is 111 Å². The Hall–Kier alpha value is -0.630. The number of aryl methyl sites for hydroxylation is 1. The Balaban J connectivity index is 3.11. The molecular weight excluding hydrogens is 247 g/mol. The molecule has 0 heterocycles. The van der Waals surface area contributed by atoms with Crippen LogP contribution in [0.5, 0.6) is 5.75 Å². The van der Waals surface area contributed by atoms with E-state index in [1.807, 2.05) is 12.1 Å². The number of hydrogen-bond acceptors (Lipinski definition) is 3. The van der Waals surface area contributed by atoms with Gasteiger partial charge in [0, 0.05) is 0 Å². The quantitative estimate of drug-likeness (QED) is 0.739. The maximum absolute atomic E-state index is 9.04. The molecule has 0 aliphatic carbocycles. The third-order valence-electron chi connectivity index (χ3n) is 3.08. The Morgan fingerprint density at radius 3 is 2.33 bits per heavy atom. The molecule has 4 heteroatoms. The molecule has 0 saturated carbocycles. The van der Waals surface area contributed by atoms with Crippen LogP contribution in [0.15, 0.2) is 12.1 Å². The van der Waals surface area contributed by atoms with Crippen molar-refractivity contribution in [2.45, 2.75) is 52.9 Å². The number of unbranched alkanes of at least 4 members (excludes halogenated alkanes) is 1. The van der Waals surface area contributed by atoms with Gasteiger partial charge in [-0.25, -0.2) is 0 Å². The van der Waals surface area contributed by atoms with Crippen molar-refractivity contribution in [3.63, 3.8) is 0 Å². The maximum Gasteiger partial charge on any atom is 0.391 e. The third kappa shape index (κ3) is 4.24. The van der Waals surface area contributed by atoms with Crippen LogP contribution in [0, 0.1) is 6.92 Å². The minimum absolute atomic E-state index is 0.633. The van der Waals surface area contributed by atoms with E-state index in [9.17, 15) is 0 Å². The van der Waals surface area contributed by atoms with E-state index in [1.54, 1.807) is 0 Å². The average molecular weight is 270 g/mol. The number of benzene rings is 1. The fourth-order valence-electron chi connectivity index (χ4n) is 2.19. The molecule has 0 bridgehead atoms. The molecule has 0 aliphatic rings. The molecule has 0 amide bonds. The fraction of sp³-hybridized carbons (Fsp3) is 0.571. The zero-order valence-electron chi connectivity index (χ0n) is 11.4. The van der Waals surface area contributed by atoms with E-state index in [2.05, 4.69) is 20.8 Å². The molecule has 102 valence electrons. The van der Waals surface area contributed by atoms with Gasteiger partial charge in [0.25, 0.3) is 0 Å². The Morgan fingerprint density at radius 1 is 1.06 bits per heavy atom. The molecule has 1 rings (SSSR count). The molecule has 1 aromatic rings. The van der Waals surface area contributed by atoms with Gasteiger partial charge < -0.3 is 14.3 Å². The summed E-state index contributed by atoms with van der Waals surface area (Å²) in [4.78, 5) is 18.1. The summed E-state index contributed by atoms with van der Waals surface area (Å²) in [5.74, 6) is 0.633. The van der Waals surface area contributed by atoms with Gasteiger partial charge in [-0.3, -0.25) is 0 Å². The molecule has 0 saturated heterocycles. The number of rotatable bonds is 7. The predicted molar refractivity (Wildman–Crippen MR) is 75.8 cm³/mol. The molecule has 0 aliphatic heterocycles. The van der Waals surface area contributed by atoms with Gasteiger partial charge in [0.2, 0.25) is 0 Å². The third-order valence-corrected chi connectivity index (χ3v) is 3.44. The molecule has 0 fully saturated rings. The van der Waals surface area contributed by atoms with Crippen molar-refractivity contribution in [1.29, 1.82) is 0 Å². The van der Waals surface area contributed by atoms with Gasteiger partial charge in [0.15, 0.2) is 0 Å². The van der Waals surface area contributed by atoms with Gasteiger partial charge in [-0.2, -0.15) is 0 Å². The summed E-state index contributed by atoms with van der Waals surface area (Å²) in [7, 11) is -2.34. The smallest absolute Gasteiger partial charge is 0.391 e. The molecule has 0 atom stereocenters. The average Bonchev–Trinajstić information content (AvgIpc) is 2.32. The van der Waals surface area contributed by atoms with Crippen molar-refractivity contribution >= 4 is 8.60 Å². The van der Waals surface area contributed by atoms with Gasteiger partial charge in [-0.15, -0.1) is 0 Å². The molecule has 0 aromatic heterocycles. The first-order valence-corrected chi connectivity index (χ1v) is 7.73. The van der Waals surface area contributed by atoms with Crippen molar-refractivity contribution in [2.24, 2.45) is 0 Å². The molecule has 18 heavy (non-hydrogen) atoms. The van der Waals surface area contributed by atoms with Crippen molar-refractivity contribution < 1.29 is 14.3 Å². The standard InChI is InChI=1S/C14H23O3P/c1-4-6-8-13-12(7-5-2)11(3)9-10-14(13)17-18(15)16/h9-10,15-16H,4-8H2,1-3H3. The van der Waals surface area contributed by atoms with Crippen LogP contribution in [0.4, 0.5) is 0 Å². The minimum Gasteiger partial charge on any atom is -0.427 e. The van der Waals surface area contributed by atoms with Gasteiger partial charge in [-0.05, 0) is 48.9 Å². The first-order chi connectivity index (χ1) is 8.60. The summed E-state index contributed by atoms with van der Waals surface area (Å²) in [6, 6.07) is 3.84. The Bertz CT molecular complexity index is 378. The second-order valence-corrected chi connectivity index (χ2v) is 5.22. The SMILES string of the molecule is CCCCc1c(OP(O)O)ccc(C)c1CCC. The molecule has 2 N–H and O–H groups in total. The van der Waals surface area contributed by atoms with Crippen LogP contribution in [0.1, 0.15) is 49.8 Å². The van der Waals surface area contributed by atoms with Crippen LogP contribution in [0.25, 0.3) is 0 Å². The topological polar surface area (TPSA) is 49.7 Å². The highest BCUT2D eigenvalue weighted by atomic mass is 31.2. The molecular formula is C14H23O3P. The summed E-state index contributed by atoms with van der Waals surface area (Å²) in [6.45, 7) is 6.41. The molecule has 0 spiro atoms. The highest BCUT2D eigenvalue weighted by Crippen LogP contribution is 2.35. The summed E-state index contributed by atoms with van der Waals surface area (Å²) >= 11 is 0. The van der Waals surface area contributed by atoms with Crippen LogP contribution < -0.4 is 4.52 Å². The first kappa shape index (κ1) is 15.4. The second-order valence-electron chi connectivity index (χ2n) is 4.54. The number of hydrogen-bond donors (Lipinski definition) is 2. The van der Waals surface area contributed by atoms with Crippen LogP contribution in [0.3, 0.4) is 0 Å². The first-order valence-electron chi connectivity index (χ1n) is 6.57. The van der Waals surface area contributed by atoms with Crippen molar-refractivity contribution in [1.82, 2.24) is 0 Å². The largest absolute Gasteiger partial charge is 0.427 e. The Morgan fingerprint density at radius 2 is 1.78 bits per heavy atom. The predicted octanol–water partition coefficient (Wildman–Crippen LogP) is 3.88. The highest BCUT2D eigenvalue weighted by Gasteiger charge is 2.14. The Kier molecular flexibility index (Phi) is 6.62. The molecule has 0 radical (unpaired) electrons. The van der Waals surface area contributed by atoms with Gasteiger partial charge in [-0.1, -0.05) is 32.8 Å².